The molecule has 5 nitrogen and oxygen atoms in total. The molecule has 1 aliphatic heterocycles. The van der Waals surface area contributed by atoms with Gasteiger partial charge >= 0.3 is 0 Å². The lowest BCUT2D eigenvalue weighted by atomic mass is 10.1. The lowest BCUT2D eigenvalue weighted by Gasteiger charge is -2.24. The molecule has 1 saturated heterocycles. The molecule has 1 atom stereocenters. The zero-order valence-corrected chi connectivity index (χ0v) is 19.9. The highest BCUT2D eigenvalue weighted by molar-refractivity contribution is 8.00. The summed E-state index contributed by atoms with van der Waals surface area (Å²) in [6.07, 6.45) is 0. The molecule has 1 heterocycles. The molecule has 170 valence electrons. The molecular formula is C26H25ClN2O3S. The number of nitrogens with one attached hydrogen (secondary N) is 1. The van der Waals surface area contributed by atoms with E-state index < -0.39 is 0 Å². The average Bonchev–Trinajstić information content (AvgIpc) is 3.19. The minimum atomic E-state index is -0.142. The van der Waals surface area contributed by atoms with E-state index in [9.17, 15) is 9.59 Å². The van der Waals surface area contributed by atoms with Crippen LogP contribution in [0, 0.1) is 0 Å². The van der Waals surface area contributed by atoms with Crippen LogP contribution >= 0.6 is 23.4 Å². The van der Waals surface area contributed by atoms with Crippen molar-refractivity contribution in [2.75, 3.05) is 12.4 Å². The van der Waals surface area contributed by atoms with Crippen molar-refractivity contribution in [3.05, 3.63) is 100 Å². The lowest BCUT2D eigenvalue weighted by Crippen LogP contribution is -2.27. The summed E-state index contributed by atoms with van der Waals surface area (Å²) in [5.74, 6) is 1.20. The van der Waals surface area contributed by atoms with Crippen molar-refractivity contribution >= 4 is 35.2 Å². The lowest BCUT2D eigenvalue weighted by molar-refractivity contribution is -0.128. The van der Waals surface area contributed by atoms with Crippen LogP contribution in [0.3, 0.4) is 0 Å². The van der Waals surface area contributed by atoms with Gasteiger partial charge in [-0.05, 0) is 60.0 Å². The van der Waals surface area contributed by atoms with E-state index in [2.05, 4.69) is 5.32 Å². The molecule has 7 heteroatoms. The largest absolute Gasteiger partial charge is 0.494 e. The molecular weight excluding hydrogens is 456 g/mol. The van der Waals surface area contributed by atoms with Crippen LogP contribution in [0.2, 0.25) is 5.02 Å². The number of carbonyl (C=O) groups is 2. The Balaban J connectivity index is 1.39. The molecule has 0 aliphatic carbocycles. The Hall–Kier alpha value is -2.96. The fourth-order valence-corrected chi connectivity index (χ4v) is 5.00. The van der Waals surface area contributed by atoms with E-state index in [4.69, 9.17) is 16.3 Å². The number of carbonyl (C=O) groups excluding carboxylic acids is 2. The van der Waals surface area contributed by atoms with Crippen LogP contribution < -0.4 is 10.1 Å². The number of hydrogen-bond donors (Lipinski definition) is 1. The molecule has 1 N–H and O–H groups in total. The third-order valence-electron chi connectivity index (χ3n) is 5.35. The molecule has 1 fully saturated rings. The van der Waals surface area contributed by atoms with Gasteiger partial charge in [0.2, 0.25) is 5.91 Å². The Morgan fingerprint density at radius 2 is 1.85 bits per heavy atom. The molecule has 3 aromatic rings. The highest BCUT2D eigenvalue weighted by Crippen LogP contribution is 2.39. The quantitative estimate of drug-likeness (QED) is 0.466. The second-order valence-corrected chi connectivity index (χ2v) is 9.20. The first-order chi connectivity index (χ1) is 16.0. The smallest absolute Gasteiger partial charge is 0.251 e. The van der Waals surface area contributed by atoms with E-state index in [-0.39, 0.29) is 17.2 Å². The van der Waals surface area contributed by atoms with Gasteiger partial charge in [-0.3, -0.25) is 9.59 Å². The van der Waals surface area contributed by atoms with Gasteiger partial charge in [0.1, 0.15) is 11.1 Å². The maximum Gasteiger partial charge on any atom is 0.251 e. The second kappa shape index (κ2) is 10.8. The van der Waals surface area contributed by atoms with Gasteiger partial charge in [-0.25, -0.2) is 0 Å². The number of amides is 2. The summed E-state index contributed by atoms with van der Waals surface area (Å²) in [6.45, 7) is 3.49. The summed E-state index contributed by atoms with van der Waals surface area (Å²) < 4.78 is 5.51. The maximum atomic E-state index is 12.6. The Morgan fingerprint density at radius 1 is 1.09 bits per heavy atom. The van der Waals surface area contributed by atoms with Gasteiger partial charge in [0.15, 0.2) is 0 Å². The minimum Gasteiger partial charge on any atom is -0.494 e. The average molecular weight is 481 g/mol. The van der Waals surface area contributed by atoms with Crippen molar-refractivity contribution in [3.8, 4) is 5.75 Å². The highest BCUT2D eigenvalue weighted by Gasteiger charge is 2.32. The zero-order valence-electron chi connectivity index (χ0n) is 18.3. The van der Waals surface area contributed by atoms with Gasteiger partial charge in [0, 0.05) is 23.7 Å². The van der Waals surface area contributed by atoms with E-state index in [0.29, 0.717) is 36.0 Å². The standard InChI is InChI=1S/C26H25ClN2O3S/c1-2-32-23-5-3-4-19(14-23)15-28-25(31)20-8-10-21(11-9-20)26-29(24(30)17-33-26)16-18-6-12-22(27)13-7-18/h3-14,26H,2,15-17H2,1H3,(H,28,31). The van der Waals surface area contributed by atoms with Crippen molar-refractivity contribution in [3.63, 3.8) is 0 Å². The highest BCUT2D eigenvalue weighted by atomic mass is 35.5. The maximum absolute atomic E-state index is 12.6. The summed E-state index contributed by atoms with van der Waals surface area (Å²) >= 11 is 7.57. The summed E-state index contributed by atoms with van der Waals surface area (Å²) in [5.41, 5.74) is 3.59. The predicted octanol–water partition coefficient (Wildman–Crippen LogP) is 5.44. The third-order valence-corrected chi connectivity index (χ3v) is 6.86. The van der Waals surface area contributed by atoms with Crippen molar-refractivity contribution in [2.24, 2.45) is 0 Å². The molecule has 0 spiro atoms. The number of halogens is 1. The first-order valence-electron chi connectivity index (χ1n) is 10.8. The van der Waals surface area contributed by atoms with Gasteiger partial charge in [-0.1, -0.05) is 48.0 Å². The van der Waals surface area contributed by atoms with E-state index >= 15 is 0 Å². The van der Waals surface area contributed by atoms with Gasteiger partial charge in [-0.15, -0.1) is 11.8 Å². The third kappa shape index (κ3) is 5.89. The van der Waals surface area contributed by atoms with Crippen molar-refractivity contribution in [1.82, 2.24) is 10.2 Å². The Labute approximate surface area is 203 Å². The summed E-state index contributed by atoms with van der Waals surface area (Å²) in [5, 5.41) is 3.55. The predicted molar refractivity (Wildman–Crippen MR) is 132 cm³/mol. The summed E-state index contributed by atoms with van der Waals surface area (Å²) in [7, 11) is 0. The number of nitrogens with zero attached hydrogens (tertiary/aromatic N) is 1. The van der Waals surface area contributed by atoms with Crippen LogP contribution in [0.15, 0.2) is 72.8 Å². The molecule has 0 aromatic heterocycles. The van der Waals surface area contributed by atoms with Crippen LogP contribution in [0.4, 0.5) is 0 Å². The Kier molecular flexibility index (Phi) is 7.57. The summed E-state index contributed by atoms with van der Waals surface area (Å²) in [6, 6.07) is 22.7. The SMILES string of the molecule is CCOc1cccc(CNC(=O)c2ccc(C3SCC(=O)N3Cc3ccc(Cl)cc3)cc2)c1. The van der Waals surface area contributed by atoms with E-state index in [1.165, 1.54) is 0 Å². The van der Waals surface area contributed by atoms with Gasteiger partial charge in [0.25, 0.3) is 5.91 Å². The molecule has 33 heavy (non-hydrogen) atoms. The monoisotopic (exact) mass is 480 g/mol. The van der Waals surface area contributed by atoms with Crippen LogP contribution in [0.25, 0.3) is 0 Å². The molecule has 1 unspecified atom stereocenters. The van der Waals surface area contributed by atoms with E-state index in [1.54, 1.807) is 11.8 Å². The normalized spacial score (nSPS) is 15.5. The summed E-state index contributed by atoms with van der Waals surface area (Å²) in [4.78, 5) is 27.0. The second-order valence-electron chi connectivity index (χ2n) is 7.70. The molecule has 0 bridgehead atoms. The number of benzene rings is 3. The number of rotatable bonds is 8. The van der Waals surface area contributed by atoms with Crippen LogP contribution in [-0.2, 0) is 17.9 Å². The fraction of sp³-hybridized carbons (Fsp3) is 0.231. The van der Waals surface area contributed by atoms with Crippen LogP contribution in [-0.4, -0.2) is 29.1 Å². The van der Waals surface area contributed by atoms with Crippen molar-refractivity contribution < 1.29 is 14.3 Å². The Bertz CT molecular complexity index is 1120. The van der Waals surface area contributed by atoms with Gasteiger partial charge < -0.3 is 15.0 Å². The van der Waals surface area contributed by atoms with Crippen LogP contribution in [0.5, 0.6) is 5.75 Å². The molecule has 0 radical (unpaired) electrons. The minimum absolute atomic E-state index is 0.0772. The molecule has 0 saturated carbocycles. The topological polar surface area (TPSA) is 58.6 Å². The van der Waals surface area contributed by atoms with Crippen molar-refractivity contribution in [2.45, 2.75) is 25.4 Å². The van der Waals surface area contributed by atoms with Crippen molar-refractivity contribution in [1.29, 1.82) is 0 Å². The number of thioether (sulfide) groups is 1. The van der Waals surface area contributed by atoms with E-state index in [1.807, 2.05) is 84.6 Å². The molecule has 1 aliphatic rings. The number of hydrogen-bond acceptors (Lipinski definition) is 4. The fourth-order valence-electron chi connectivity index (χ4n) is 3.68. The first-order valence-corrected chi connectivity index (χ1v) is 12.2. The van der Waals surface area contributed by atoms with Gasteiger partial charge in [-0.2, -0.15) is 0 Å². The molecule has 3 aromatic carbocycles. The number of ether oxygens (including phenoxy) is 1. The van der Waals surface area contributed by atoms with Gasteiger partial charge in [0.05, 0.1) is 12.4 Å². The zero-order chi connectivity index (χ0) is 23.2. The first kappa shape index (κ1) is 23.2. The molecule has 4 rings (SSSR count). The Morgan fingerprint density at radius 3 is 2.58 bits per heavy atom. The van der Waals surface area contributed by atoms with Crippen LogP contribution in [0.1, 0.15) is 39.3 Å². The molecule has 2 amide bonds. The van der Waals surface area contributed by atoms with E-state index in [0.717, 1.165) is 22.4 Å².